The van der Waals surface area contributed by atoms with E-state index >= 15 is 0 Å². The van der Waals surface area contributed by atoms with E-state index in [1.165, 1.54) is 12.5 Å². The topological polar surface area (TPSA) is 58.9 Å². The summed E-state index contributed by atoms with van der Waals surface area (Å²) in [6.07, 6.45) is 0.00815. The quantitative estimate of drug-likeness (QED) is 0.440. The molecular weight excluding hydrogens is 112 g/mol. The minimum absolute atomic E-state index is 0.935. The molecule has 0 bridgehead atoms. The monoisotopic (exact) mass is 118 g/mol. The molecule has 0 aromatic rings. The number of aliphatic hydroxyl groups is 2. The van der Waals surface area contributed by atoms with E-state index in [4.69, 9.17) is 10.2 Å². The summed E-state index contributed by atoms with van der Waals surface area (Å²) in [6.45, 7) is 0. The molecule has 1 heterocycles. The highest BCUT2D eigenvalue weighted by Gasteiger charge is 2.19. The fourth-order valence-electron chi connectivity index (χ4n) is 0.392. The lowest BCUT2D eigenvalue weighted by Crippen LogP contribution is -2.25. The van der Waals surface area contributed by atoms with Crippen molar-refractivity contribution in [1.82, 2.24) is 0 Å². The fourth-order valence-corrected chi connectivity index (χ4v) is 0.392. The van der Waals surface area contributed by atoms with Crippen LogP contribution in [0.2, 0.25) is 0 Å². The van der Waals surface area contributed by atoms with Crippen LogP contribution in [-0.2, 0) is 9.47 Å². The average Bonchev–Trinajstić information content (AvgIpc) is 2.12. The Labute approximate surface area is 46.0 Å². The van der Waals surface area contributed by atoms with Crippen LogP contribution in [0.3, 0.4) is 0 Å². The number of ether oxygens (including phenoxy) is 2. The summed E-state index contributed by atoms with van der Waals surface area (Å²) in [7, 11) is 0. The van der Waals surface area contributed by atoms with Gasteiger partial charge in [-0.15, -0.1) is 0 Å². The normalized spacial score (nSPS) is 18.9. The predicted octanol–water partition coefficient (Wildman–Crippen LogP) is -0.859. The van der Waals surface area contributed by atoms with Crippen LogP contribution in [0.4, 0.5) is 0 Å². The Morgan fingerprint density at radius 2 is 1.75 bits per heavy atom. The van der Waals surface area contributed by atoms with Crippen LogP contribution in [0, 0.1) is 0 Å². The van der Waals surface area contributed by atoms with Gasteiger partial charge < -0.3 is 19.7 Å². The van der Waals surface area contributed by atoms with Gasteiger partial charge in [0.2, 0.25) is 6.29 Å². The molecule has 2 N–H and O–H groups in total. The molecule has 46 valence electrons. The van der Waals surface area contributed by atoms with Gasteiger partial charge in [0.25, 0.3) is 6.29 Å². The van der Waals surface area contributed by atoms with Crippen LogP contribution >= 0.6 is 0 Å². The van der Waals surface area contributed by atoms with Crippen molar-refractivity contribution in [2.45, 2.75) is 12.6 Å². The first-order chi connectivity index (χ1) is 3.80. The largest absolute Gasteiger partial charge is 0.454 e. The fraction of sp³-hybridized carbons (Fsp3) is 0.500. The molecule has 0 aromatic heterocycles. The molecule has 1 rings (SSSR count). The van der Waals surface area contributed by atoms with Gasteiger partial charge in [-0.1, -0.05) is 0 Å². The summed E-state index contributed by atoms with van der Waals surface area (Å²) in [5, 5.41) is 16.6. The minimum Gasteiger partial charge on any atom is -0.454 e. The van der Waals surface area contributed by atoms with Crippen molar-refractivity contribution in [2.75, 3.05) is 0 Å². The molecule has 0 atom stereocenters. The molecule has 0 saturated carbocycles. The second-order valence-corrected chi connectivity index (χ2v) is 1.33. The summed E-state index contributed by atoms with van der Waals surface area (Å²) in [6, 6.07) is 0. The van der Waals surface area contributed by atoms with Crippen molar-refractivity contribution in [3.05, 3.63) is 12.5 Å². The molecular formula is C4H6O4. The predicted molar refractivity (Wildman–Crippen MR) is 23.3 cm³/mol. The molecule has 0 amide bonds. The first-order valence-electron chi connectivity index (χ1n) is 2.13. The third-order valence-corrected chi connectivity index (χ3v) is 0.724. The SMILES string of the molecule is OC(O)C1OC=CO1. The average molecular weight is 118 g/mol. The molecule has 4 heteroatoms. The Bertz CT molecular complexity index is 90.2. The molecule has 1 aliphatic heterocycles. The zero-order valence-electron chi connectivity index (χ0n) is 4.02. The van der Waals surface area contributed by atoms with Crippen LogP contribution < -0.4 is 0 Å². The molecule has 0 saturated heterocycles. The standard InChI is InChI=1S/C4H6O4/c5-3(6)4-7-1-2-8-4/h1-6H. The summed E-state index contributed by atoms with van der Waals surface area (Å²) in [5.74, 6) is 0. The highest BCUT2D eigenvalue weighted by molar-refractivity contribution is 4.71. The van der Waals surface area contributed by atoms with Crippen molar-refractivity contribution >= 4 is 0 Å². The molecule has 0 radical (unpaired) electrons. The number of hydrogen-bond donors (Lipinski definition) is 2. The van der Waals surface area contributed by atoms with E-state index in [1.807, 2.05) is 0 Å². The molecule has 0 fully saturated rings. The number of rotatable bonds is 1. The van der Waals surface area contributed by atoms with Gasteiger partial charge in [0.05, 0.1) is 0 Å². The van der Waals surface area contributed by atoms with Crippen molar-refractivity contribution in [3.63, 3.8) is 0 Å². The van der Waals surface area contributed by atoms with Crippen LogP contribution in [0.15, 0.2) is 12.5 Å². The Balaban J connectivity index is 2.29. The molecule has 0 unspecified atom stereocenters. The van der Waals surface area contributed by atoms with Gasteiger partial charge >= 0.3 is 0 Å². The second kappa shape index (κ2) is 2.02. The van der Waals surface area contributed by atoms with Gasteiger partial charge in [-0.3, -0.25) is 0 Å². The third-order valence-electron chi connectivity index (χ3n) is 0.724. The van der Waals surface area contributed by atoms with E-state index < -0.39 is 12.6 Å². The van der Waals surface area contributed by atoms with Crippen LogP contribution in [0.25, 0.3) is 0 Å². The van der Waals surface area contributed by atoms with Gasteiger partial charge in [-0.2, -0.15) is 0 Å². The lowest BCUT2D eigenvalue weighted by molar-refractivity contribution is -0.196. The highest BCUT2D eigenvalue weighted by atomic mass is 16.7. The van der Waals surface area contributed by atoms with E-state index in [1.54, 1.807) is 0 Å². The van der Waals surface area contributed by atoms with E-state index in [2.05, 4.69) is 9.47 Å². The van der Waals surface area contributed by atoms with Gasteiger partial charge in [0, 0.05) is 0 Å². The first-order valence-corrected chi connectivity index (χ1v) is 2.13. The lowest BCUT2D eigenvalue weighted by Gasteiger charge is -2.10. The maximum absolute atomic E-state index is 8.32. The summed E-state index contributed by atoms with van der Waals surface area (Å²) < 4.78 is 9.02. The molecule has 0 spiro atoms. The zero-order valence-corrected chi connectivity index (χ0v) is 4.02. The Hall–Kier alpha value is -0.740. The van der Waals surface area contributed by atoms with E-state index in [9.17, 15) is 0 Å². The summed E-state index contributed by atoms with van der Waals surface area (Å²) in [4.78, 5) is 0. The summed E-state index contributed by atoms with van der Waals surface area (Å²) >= 11 is 0. The molecule has 0 aliphatic carbocycles. The molecule has 0 aromatic carbocycles. The van der Waals surface area contributed by atoms with E-state index in [0.29, 0.717) is 0 Å². The van der Waals surface area contributed by atoms with Crippen molar-refractivity contribution < 1.29 is 19.7 Å². The number of hydrogen-bond acceptors (Lipinski definition) is 4. The maximum Gasteiger partial charge on any atom is 0.290 e. The third kappa shape index (κ3) is 0.907. The first kappa shape index (κ1) is 5.40. The van der Waals surface area contributed by atoms with Gasteiger partial charge in [0.15, 0.2) is 0 Å². The van der Waals surface area contributed by atoms with Gasteiger partial charge in [0.1, 0.15) is 12.5 Å². The molecule has 1 aliphatic rings. The minimum atomic E-state index is -1.56. The van der Waals surface area contributed by atoms with Crippen LogP contribution in [0.5, 0.6) is 0 Å². The Kier molecular flexibility index (Phi) is 1.36. The molecule has 8 heavy (non-hydrogen) atoms. The van der Waals surface area contributed by atoms with Crippen molar-refractivity contribution in [2.24, 2.45) is 0 Å². The van der Waals surface area contributed by atoms with Crippen molar-refractivity contribution in [3.8, 4) is 0 Å². The van der Waals surface area contributed by atoms with Crippen LogP contribution in [-0.4, -0.2) is 22.8 Å². The van der Waals surface area contributed by atoms with Crippen LogP contribution in [0.1, 0.15) is 0 Å². The zero-order chi connectivity index (χ0) is 5.98. The Morgan fingerprint density at radius 3 is 2.00 bits per heavy atom. The smallest absolute Gasteiger partial charge is 0.290 e. The lowest BCUT2D eigenvalue weighted by atomic mass is 10.6. The van der Waals surface area contributed by atoms with E-state index in [0.717, 1.165) is 0 Å². The van der Waals surface area contributed by atoms with E-state index in [-0.39, 0.29) is 0 Å². The second-order valence-electron chi connectivity index (χ2n) is 1.33. The Morgan fingerprint density at radius 1 is 1.25 bits per heavy atom. The maximum atomic E-state index is 8.32. The highest BCUT2D eigenvalue weighted by Crippen LogP contribution is 2.06. The molecule has 4 nitrogen and oxygen atoms in total. The van der Waals surface area contributed by atoms with Gasteiger partial charge in [-0.05, 0) is 0 Å². The summed E-state index contributed by atoms with van der Waals surface area (Å²) in [5.41, 5.74) is 0. The van der Waals surface area contributed by atoms with Crippen molar-refractivity contribution in [1.29, 1.82) is 0 Å². The van der Waals surface area contributed by atoms with Gasteiger partial charge in [-0.25, -0.2) is 0 Å². The number of aliphatic hydroxyl groups excluding tert-OH is 1.